The third kappa shape index (κ3) is 3.61. The van der Waals surface area contributed by atoms with Crippen molar-refractivity contribution in [3.63, 3.8) is 0 Å². The van der Waals surface area contributed by atoms with Gasteiger partial charge in [0.15, 0.2) is 0 Å². The number of hydrogen-bond donors (Lipinski definition) is 1. The van der Waals surface area contributed by atoms with E-state index < -0.39 is 10.0 Å². The molecule has 1 aromatic heterocycles. The van der Waals surface area contributed by atoms with E-state index in [9.17, 15) is 8.42 Å². The van der Waals surface area contributed by atoms with Gasteiger partial charge in [-0.15, -0.1) is 22.9 Å². The number of rotatable bonds is 3. The van der Waals surface area contributed by atoms with Gasteiger partial charge in [0.2, 0.25) is 10.0 Å². The van der Waals surface area contributed by atoms with Crippen molar-refractivity contribution in [2.75, 3.05) is 0 Å². The second-order valence-electron chi connectivity index (χ2n) is 4.44. The van der Waals surface area contributed by atoms with Gasteiger partial charge >= 0.3 is 0 Å². The van der Waals surface area contributed by atoms with E-state index in [2.05, 4.69) is 4.72 Å². The Kier molecular flexibility index (Phi) is 4.94. The Hall–Kier alpha value is 0.190. The predicted molar refractivity (Wildman–Crippen MR) is 76.2 cm³/mol. The van der Waals surface area contributed by atoms with E-state index in [-0.39, 0.29) is 15.6 Å². The molecule has 2 unspecified atom stereocenters. The summed E-state index contributed by atoms with van der Waals surface area (Å²) < 4.78 is 27.7. The molecule has 0 bridgehead atoms. The quantitative estimate of drug-likeness (QED) is 0.680. The van der Waals surface area contributed by atoms with Gasteiger partial charge in [-0.25, -0.2) is 13.1 Å². The van der Waals surface area contributed by atoms with Crippen molar-refractivity contribution < 1.29 is 8.42 Å². The fourth-order valence-electron chi connectivity index (χ4n) is 2.09. The molecule has 102 valence electrons. The third-order valence-corrected chi connectivity index (χ3v) is 6.79. The van der Waals surface area contributed by atoms with Gasteiger partial charge < -0.3 is 0 Å². The summed E-state index contributed by atoms with van der Waals surface area (Å²) in [6.07, 6.45) is 4.86. The van der Waals surface area contributed by atoms with Gasteiger partial charge in [-0.3, -0.25) is 0 Å². The second-order valence-corrected chi connectivity index (χ2v) is 8.66. The molecule has 0 aliphatic heterocycles. The molecular formula is C11H15Cl2NO2S2. The summed E-state index contributed by atoms with van der Waals surface area (Å²) in [5.41, 5.74) is 0. The molecule has 0 spiro atoms. The van der Waals surface area contributed by atoms with Crippen LogP contribution in [0.4, 0.5) is 0 Å². The van der Waals surface area contributed by atoms with Gasteiger partial charge in [-0.05, 0) is 25.0 Å². The highest BCUT2D eigenvalue weighted by Crippen LogP contribution is 2.28. The zero-order valence-corrected chi connectivity index (χ0v) is 12.9. The van der Waals surface area contributed by atoms with Crippen molar-refractivity contribution in [1.29, 1.82) is 0 Å². The first-order valence-corrected chi connectivity index (χ1v) is 9.02. The summed E-state index contributed by atoms with van der Waals surface area (Å²) in [7, 11) is -3.49. The smallest absolute Gasteiger partial charge is 0.206 e. The predicted octanol–water partition coefficient (Wildman–Crippen LogP) is 3.62. The lowest BCUT2D eigenvalue weighted by Gasteiger charge is -2.20. The fraction of sp³-hybridized carbons (Fsp3) is 0.636. The summed E-state index contributed by atoms with van der Waals surface area (Å²) in [4.78, 5) is 0. The number of sulfonamides is 1. The van der Waals surface area contributed by atoms with Crippen molar-refractivity contribution in [1.82, 2.24) is 4.72 Å². The molecule has 1 N–H and O–H groups in total. The van der Waals surface area contributed by atoms with Crippen LogP contribution in [0.2, 0.25) is 4.34 Å². The third-order valence-electron chi connectivity index (χ3n) is 3.05. The van der Waals surface area contributed by atoms with Gasteiger partial charge in [0.05, 0.1) is 4.34 Å². The van der Waals surface area contributed by atoms with Crippen LogP contribution in [0.1, 0.15) is 32.1 Å². The van der Waals surface area contributed by atoms with Crippen LogP contribution in [0, 0.1) is 0 Å². The minimum atomic E-state index is -3.49. The van der Waals surface area contributed by atoms with Crippen molar-refractivity contribution >= 4 is 44.6 Å². The summed E-state index contributed by atoms with van der Waals surface area (Å²) in [6, 6.07) is 2.93. The highest BCUT2D eigenvalue weighted by atomic mass is 35.5. The summed E-state index contributed by atoms with van der Waals surface area (Å²) in [5, 5.41) is -0.127. The van der Waals surface area contributed by atoms with E-state index in [1.54, 1.807) is 6.07 Å². The number of alkyl halides is 1. The standard InChI is InChI=1S/C11H15Cl2NO2S2/c12-8-4-2-1-3-5-9(8)14-18(15,16)11-7-6-10(13)17-11/h6-9,14H,1-5H2. The molecule has 1 aliphatic carbocycles. The van der Waals surface area contributed by atoms with E-state index in [0.29, 0.717) is 4.34 Å². The Morgan fingerprint density at radius 1 is 1.22 bits per heavy atom. The SMILES string of the molecule is O=S(=O)(NC1CCCCCC1Cl)c1ccc(Cl)s1. The Morgan fingerprint density at radius 3 is 2.61 bits per heavy atom. The Morgan fingerprint density at radius 2 is 1.94 bits per heavy atom. The highest BCUT2D eigenvalue weighted by Gasteiger charge is 2.27. The zero-order valence-electron chi connectivity index (χ0n) is 9.73. The molecular weight excluding hydrogens is 313 g/mol. The lowest BCUT2D eigenvalue weighted by atomic mass is 10.1. The van der Waals surface area contributed by atoms with E-state index in [1.165, 1.54) is 6.07 Å². The second kappa shape index (κ2) is 6.09. The average Bonchev–Trinajstić information content (AvgIpc) is 2.65. The van der Waals surface area contributed by atoms with Crippen molar-refractivity contribution in [3.8, 4) is 0 Å². The minimum absolute atomic E-state index is 0.127. The number of nitrogens with one attached hydrogen (secondary N) is 1. The van der Waals surface area contributed by atoms with Crippen LogP contribution in [0.25, 0.3) is 0 Å². The van der Waals surface area contributed by atoms with Crippen LogP contribution < -0.4 is 4.72 Å². The van der Waals surface area contributed by atoms with Crippen LogP contribution in [0.15, 0.2) is 16.3 Å². The lowest BCUT2D eigenvalue weighted by molar-refractivity contribution is 0.515. The normalized spacial score (nSPS) is 25.9. The maximum Gasteiger partial charge on any atom is 0.250 e. The molecule has 0 saturated heterocycles. The average molecular weight is 328 g/mol. The van der Waals surface area contributed by atoms with E-state index in [0.717, 1.165) is 43.4 Å². The molecule has 1 saturated carbocycles. The summed E-state index contributed by atoms with van der Waals surface area (Å²) >= 11 is 13.1. The first kappa shape index (κ1) is 14.6. The number of hydrogen-bond acceptors (Lipinski definition) is 3. The van der Waals surface area contributed by atoms with Crippen LogP contribution in [0.5, 0.6) is 0 Å². The first-order valence-electron chi connectivity index (χ1n) is 5.91. The number of thiophene rings is 1. The summed E-state index contributed by atoms with van der Waals surface area (Å²) in [6.45, 7) is 0. The van der Waals surface area contributed by atoms with Crippen LogP contribution in [-0.2, 0) is 10.0 Å². The maximum absolute atomic E-state index is 12.2. The number of halogens is 2. The maximum atomic E-state index is 12.2. The van der Waals surface area contributed by atoms with Crippen LogP contribution in [-0.4, -0.2) is 19.8 Å². The molecule has 0 aromatic carbocycles. The molecule has 1 aromatic rings. The lowest BCUT2D eigenvalue weighted by Crippen LogP contribution is -2.40. The topological polar surface area (TPSA) is 46.2 Å². The minimum Gasteiger partial charge on any atom is -0.206 e. The summed E-state index contributed by atoms with van der Waals surface area (Å²) in [5.74, 6) is 0. The molecule has 1 heterocycles. The first-order chi connectivity index (χ1) is 8.49. The molecule has 3 nitrogen and oxygen atoms in total. The Bertz CT molecular complexity index is 501. The molecule has 18 heavy (non-hydrogen) atoms. The Labute approximate surface area is 122 Å². The Balaban J connectivity index is 2.11. The van der Waals surface area contributed by atoms with E-state index in [4.69, 9.17) is 23.2 Å². The van der Waals surface area contributed by atoms with E-state index >= 15 is 0 Å². The molecule has 2 rings (SSSR count). The fourth-order valence-corrected chi connectivity index (χ4v) is 5.32. The van der Waals surface area contributed by atoms with Gasteiger partial charge in [0, 0.05) is 11.4 Å². The van der Waals surface area contributed by atoms with Crippen molar-refractivity contribution in [2.24, 2.45) is 0 Å². The van der Waals surface area contributed by atoms with Gasteiger partial charge in [-0.1, -0.05) is 30.9 Å². The molecule has 2 atom stereocenters. The largest absolute Gasteiger partial charge is 0.250 e. The zero-order chi connectivity index (χ0) is 13.2. The van der Waals surface area contributed by atoms with Gasteiger partial charge in [0.1, 0.15) is 4.21 Å². The molecule has 7 heteroatoms. The molecule has 0 radical (unpaired) electrons. The highest BCUT2D eigenvalue weighted by molar-refractivity contribution is 7.91. The monoisotopic (exact) mass is 327 g/mol. The van der Waals surface area contributed by atoms with Crippen molar-refractivity contribution in [3.05, 3.63) is 16.5 Å². The molecule has 0 amide bonds. The molecule has 1 fully saturated rings. The van der Waals surface area contributed by atoms with Crippen molar-refractivity contribution in [2.45, 2.75) is 47.7 Å². The van der Waals surface area contributed by atoms with Crippen LogP contribution in [0.3, 0.4) is 0 Å². The van der Waals surface area contributed by atoms with E-state index in [1.807, 2.05) is 0 Å². The van der Waals surface area contributed by atoms with Gasteiger partial charge in [-0.2, -0.15) is 0 Å². The van der Waals surface area contributed by atoms with Gasteiger partial charge in [0.25, 0.3) is 0 Å². The molecule has 1 aliphatic rings. The van der Waals surface area contributed by atoms with Crippen LogP contribution >= 0.6 is 34.5 Å².